The number of aromatic nitrogens is 1. The van der Waals surface area contributed by atoms with Crippen LogP contribution in [0.5, 0.6) is 17.4 Å². The number of ether oxygens (including phenoxy) is 3. The number of fused-ring (bicyclic) bond motifs is 1. The quantitative estimate of drug-likeness (QED) is 0.818. The molecule has 0 saturated heterocycles. The van der Waals surface area contributed by atoms with Gasteiger partial charge in [-0.25, -0.2) is 9.78 Å². The van der Waals surface area contributed by atoms with Gasteiger partial charge in [-0.2, -0.15) is 0 Å². The van der Waals surface area contributed by atoms with E-state index in [1.807, 2.05) is 24.3 Å². The van der Waals surface area contributed by atoms with E-state index < -0.39 is 0 Å². The zero-order valence-corrected chi connectivity index (χ0v) is 15.2. The van der Waals surface area contributed by atoms with Crippen LogP contribution in [0.3, 0.4) is 0 Å². The topological polar surface area (TPSA) is 81.7 Å². The van der Waals surface area contributed by atoms with Gasteiger partial charge in [0.15, 0.2) is 11.5 Å². The number of amides is 2. The second-order valence-electron chi connectivity index (χ2n) is 6.75. The van der Waals surface area contributed by atoms with Crippen molar-refractivity contribution in [1.82, 2.24) is 15.6 Å². The number of benzene rings is 1. The molecule has 2 amide bonds. The fraction of sp³-hybridized carbons (Fsp3) is 0.400. The van der Waals surface area contributed by atoms with Crippen molar-refractivity contribution in [2.45, 2.75) is 25.4 Å². The highest BCUT2D eigenvalue weighted by molar-refractivity contribution is 5.74. The maximum Gasteiger partial charge on any atom is 0.315 e. The lowest BCUT2D eigenvalue weighted by atomic mass is 10.0. The summed E-state index contributed by atoms with van der Waals surface area (Å²) in [5, 5.41) is 6.00. The van der Waals surface area contributed by atoms with Gasteiger partial charge in [0.1, 0.15) is 13.2 Å². The Hall–Kier alpha value is -2.96. The van der Waals surface area contributed by atoms with Crippen LogP contribution in [0.2, 0.25) is 0 Å². The second kappa shape index (κ2) is 7.73. The Bertz CT molecular complexity index is 805. The maximum atomic E-state index is 12.4. The van der Waals surface area contributed by atoms with Crippen molar-refractivity contribution in [1.29, 1.82) is 0 Å². The molecule has 0 bridgehead atoms. The van der Waals surface area contributed by atoms with Gasteiger partial charge in [-0.15, -0.1) is 0 Å². The van der Waals surface area contributed by atoms with Crippen LogP contribution in [-0.4, -0.2) is 31.3 Å². The van der Waals surface area contributed by atoms with Crippen LogP contribution in [-0.2, 0) is 6.54 Å². The highest BCUT2D eigenvalue weighted by Gasteiger charge is 2.34. The number of methoxy groups -OCH3 is 1. The summed E-state index contributed by atoms with van der Waals surface area (Å²) in [6, 6.07) is 9.33. The fourth-order valence-electron chi connectivity index (χ4n) is 3.17. The van der Waals surface area contributed by atoms with Crippen LogP contribution in [0, 0.1) is 5.92 Å². The molecule has 2 heterocycles. The lowest BCUT2D eigenvalue weighted by Crippen LogP contribution is -2.38. The summed E-state index contributed by atoms with van der Waals surface area (Å²) < 4.78 is 16.3. The van der Waals surface area contributed by atoms with E-state index in [0.717, 1.165) is 35.5 Å². The molecule has 2 N–H and O–H groups in total. The number of rotatable bonds is 6. The summed E-state index contributed by atoms with van der Waals surface area (Å²) in [6.07, 6.45) is 3.92. The van der Waals surface area contributed by atoms with Gasteiger partial charge in [-0.3, -0.25) is 0 Å². The molecule has 2 aromatic rings. The van der Waals surface area contributed by atoms with E-state index in [-0.39, 0.29) is 12.1 Å². The number of carbonyl (C=O) groups is 1. The first-order valence-electron chi connectivity index (χ1n) is 9.16. The molecule has 0 spiro atoms. The predicted molar refractivity (Wildman–Crippen MR) is 99.1 cm³/mol. The molecule has 4 rings (SSSR count). The van der Waals surface area contributed by atoms with E-state index in [4.69, 9.17) is 14.2 Å². The third kappa shape index (κ3) is 4.24. The Morgan fingerprint density at radius 3 is 2.74 bits per heavy atom. The van der Waals surface area contributed by atoms with Gasteiger partial charge in [0.2, 0.25) is 5.88 Å². The fourth-order valence-corrected chi connectivity index (χ4v) is 3.17. The first kappa shape index (κ1) is 17.5. The number of hydrogen-bond donors (Lipinski definition) is 2. The number of urea groups is 1. The summed E-state index contributed by atoms with van der Waals surface area (Å²) in [5.74, 6) is 2.52. The van der Waals surface area contributed by atoms with Crippen LogP contribution in [0.25, 0.3) is 0 Å². The van der Waals surface area contributed by atoms with Crippen molar-refractivity contribution in [3.05, 3.63) is 47.7 Å². The van der Waals surface area contributed by atoms with Gasteiger partial charge in [-0.1, -0.05) is 12.1 Å². The van der Waals surface area contributed by atoms with E-state index in [2.05, 4.69) is 15.6 Å². The SMILES string of the molecule is COc1ccc(CNC(=O)NC(c2ccc3c(c2)OCCO3)C2CC2)cn1. The van der Waals surface area contributed by atoms with Crippen LogP contribution >= 0.6 is 0 Å². The van der Waals surface area contributed by atoms with Gasteiger partial charge < -0.3 is 24.8 Å². The van der Waals surface area contributed by atoms with Gasteiger partial charge in [0, 0.05) is 18.8 Å². The largest absolute Gasteiger partial charge is 0.486 e. The van der Waals surface area contributed by atoms with Gasteiger partial charge in [-0.05, 0) is 42.0 Å². The van der Waals surface area contributed by atoms with Gasteiger partial charge in [0.25, 0.3) is 0 Å². The van der Waals surface area contributed by atoms with Gasteiger partial charge >= 0.3 is 6.03 Å². The Balaban J connectivity index is 1.38. The summed E-state index contributed by atoms with van der Waals surface area (Å²) in [5.41, 5.74) is 1.95. The van der Waals surface area contributed by atoms with Crippen molar-refractivity contribution in [2.75, 3.05) is 20.3 Å². The normalized spacial score (nSPS) is 16.3. The van der Waals surface area contributed by atoms with Crippen LogP contribution in [0.1, 0.15) is 30.0 Å². The minimum Gasteiger partial charge on any atom is -0.486 e. The predicted octanol–water partition coefficient (Wildman–Crippen LogP) is 2.81. The molecule has 1 atom stereocenters. The zero-order chi connectivity index (χ0) is 18.6. The molecule has 1 aliphatic carbocycles. The molecule has 7 nitrogen and oxygen atoms in total. The molecule has 2 aliphatic rings. The third-order valence-corrected chi connectivity index (χ3v) is 4.77. The molecule has 1 aromatic carbocycles. The Morgan fingerprint density at radius 2 is 2.04 bits per heavy atom. The molecule has 1 unspecified atom stereocenters. The monoisotopic (exact) mass is 369 g/mol. The lowest BCUT2D eigenvalue weighted by Gasteiger charge is -2.23. The smallest absolute Gasteiger partial charge is 0.315 e. The summed E-state index contributed by atoms with van der Waals surface area (Å²) >= 11 is 0. The first-order chi connectivity index (χ1) is 13.2. The second-order valence-corrected chi connectivity index (χ2v) is 6.75. The molecule has 142 valence electrons. The molecule has 1 fully saturated rings. The summed E-state index contributed by atoms with van der Waals surface area (Å²) in [7, 11) is 1.57. The number of pyridine rings is 1. The average molecular weight is 369 g/mol. The first-order valence-corrected chi connectivity index (χ1v) is 9.16. The highest BCUT2D eigenvalue weighted by atomic mass is 16.6. The minimum absolute atomic E-state index is 0.0326. The molecule has 0 radical (unpaired) electrons. The van der Waals surface area contributed by atoms with E-state index in [1.165, 1.54) is 0 Å². The minimum atomic E-state index is -0.197. The van der Waals surface area contributed by atoms with E-state index in [9.17, 15) is 4.79 Å². The summed E-state index contributed by atoms with van der Waals surface area (Å²) in [6.45, 7) is 1.52. The zero-order valence-electron chi connectivity index (χ0n) is 15.2. The Morgan fingerprint density at radius 1 is 1.22 bits per heavy atom. The number of nitrogens with zero attached hydrogens (tertiary/aromatic N) is 1. The number of nitrogens with one attached hydrogen (secondary N) is 2. The van der Waals surface area contributed by atoms with E-state index in [0.29, 0.717) is 31.6 Å². The molecule has 1 aliphatic heterocycles. The van der Waals surface area contributed by atoms with Crippen molar-refractivity contribution < 1.29 is 19.0 Å². The molecule has 1 aromatic heterocycles. The molecular weight excluding hydrogens is 346 g/mol. The van der Waals surface area contributed by atoms with Crippen molar-refractivity contribution in [3.8, 4) is 17.4 Å². The van der Waals surface area contributed by atoms with Crippen molar-refractivity contribution >= 4 is 6.03 Å². The van der Waals surface area contributed by atoms with Crippen molar-refractivity contribution in [2.24, 2.45) is 5.92 Å². The van der Waals surface area contributed by atoms with Gasteiger partial charge in [0.05, 0.1) is 13.2 Å². The highest BCUT2D eigenvalue weighted by Crippen LogP contribution is 2.43. The lowest BCUT2D eigenvalue weighted by molar-refractivity contribution is 0.171. The molecule has 27 heavy (non-hydrogen) atoms. The number of carbonyl (C=O) groups excluding carboxylic acids is 1. The van der Waals surface area contributed by atoms with Crippen LogP contribution < -0.4 is 24.8 Å². The summed E-state index contributed by atoms with van der Waals surface area (Å²) in [4.78, 5) is 16.6. The van der Waals surface area contributed by atoms with Crippen molar-refractivity contribution in [3.63, 3.8) is 0 Å². The maximum absolute atomic E-state index is 12.4. The molecular formula is C20H23N3O4. The van der Waals surface area contributed by atoms with E-state index in [1.54, 1.807) is 19.4 Å². The average Bonchev–Trinajstić information content (AvgIpc) is 3.55. The van der Waals surface area contributed by atoms with Crippen LogP contribution in [0.4, 0.5) is 4.79 Å². The third-order valence-electron chi connectivity index (χ3n) is 4.77. The van der Waals surface area contributed by atoms with E-state index >= 15 is 0 Å². The standard InChI is InChI=1S/C20H23N3O4/c1-25-18-7-2-13(11-21-18)12-22-20(24)23-19(14-3-4-14)15-5-6-16-17(10-15)27-9-8-26-16/h2,5-7,10-11,14,19H,3-4,8-9,12H2,1H3,(H2,22,23,24). The molecule has 1 saturated carbocycles. The Labute approximate surface area is 158 Å². The Kier molecular flexibility index (Phi) is 5.00. The number of hydrogen-bond acceptors (Lipinski definition) is 5. The van der Waals surface area contributed by atoms with Crippen LogP contribution in [0.15, 0.2) is 36.5 Å². The molecule has 7 heteroatoms.